The van der Waals surface area contributed by atoms with Gasteiger partial charge >= 0.3 is 0 Å². The van der Waals surface area contributed by atoms with Crippen LogP contribution in [0.1, 0.15) is 90.9 Å². The summed E-state index contributed by atoms with van der Waals surface area (Å²) >= 11 is 0. The highest BCUT2D eigenvalue weighted by atomic mass is 28.3. The second-order valence-electron chi connectivity index (χ2n) is 7.16. The van der Waals surface area contributed by atoms with E-state index in [4.69, 9.17) is 4.74 Å². The Morgan fingerprint density at radius 1 is 0.864 bits per heavy atom. The average molecular weight is 327 g/mol. The fraction of sp³-hybridized carbons (Fsp3) is 1.00. The van der Waals surface area contributed by atoms with E-state index >= 15 is 0 Å². The van der Waals surface area contributed by atoms with E-state index < -0.39 is 0 Å². The third-order valence-corrected chi connectivity index (χ3v) is 8.85. The Labute approximate surface area is 141 Å². The number of hydrogen-bond acceptors (Lipinski definition) is 2. The smallest absolute Gasteiger partial charge is 0.110 e. The van der Waals surface area contributed by atoms with Gasteiger partial charge in [-0.3, -0.25) is 5.32 Å². The van der Waals surface area contributed by atoms with Gasteiger partial charge < -0.3 is 4.74 Å². The highest BCUT2D eigenvalue weighted by Crippen LogP contribution is 2.25. The van der Waals surface area contributed by atoms with E-state index in [1.807, 2.05) is 7.11 Å². The van der Waals surface area contributed by atoms with Crippen molar-refractivity contribution in [1.29, 1.82) is 0 Å². The lowest BCUT2D eigenvalue weighted by molar-refractivity contribution is 0.0528. The molecule has 0 saturated carbocycles. The molecule has 131 valence electrons. The van der Waals surface area contributed by atoms with E-state index in [0.717, 1.165) is 6.54 Å². The molecule has 1 fully saturated rings. The molecular formula is C19H40NOSi. The zero-order valence-corrected chi connectivity index (χ0v) is 16.5. The minimum Gasteiger partial charge on any atom is -0.368 e. The largest absolute Gasteiger partial charge is 0.368 e. The van der Waals surface area contributed by atoms with Crippen LogP contribution >= 0.6 is 0 Å². The Morgan fingerprint density at radius 2 is 1.36 bits per heavy atom. The number of hydrogen-bond donors (Lipinski definition) is 1. The van der Waals surface area contributed by atoms with Gasteiger partial charge in [0, 0.05) is 7.11 Å². The Bertz CT molecular complexity index is 262. The summed E-state index contributed by atoms with van der Waals surface area (Å²) in [4.78, 5) is 0. The molecular weight excluding hydrogens is 286 g/mol. The number of methoxy groups -OCH3 is 1. The maximum Gasteiger partial charge on any atom is 0.110 e. The van der Waals surface area contributed by atoms with Gasteiger partial charge in [0.1, 0.15) is 8.80 Å². The Morgan fingerprint density at radius 3 is 1.86 bits per heavy atom. The van der Waals surface area contributed by atoms with Crippen molar-refractivity contribution in [3.8, 4) is 0 Å². The van der Waals surface area contributed by atoms with Gasteiger partial charge in [-0.1, -0.05) is 90.0 Å². The molecule has 1 radical (unpaired) electrons. The van der Waals surface area contributed by atoms with Crippen molar-refractivity contribution in [2.24, 2.45) is 0 Å². The maximum atomic E-state index is 5.70. The predicted octanol–water partition coefficient (Wildman–Crippen LogP) is 5.69. The molecule has 0 spiro atoms. The van der Waals surface area contributed by atoms with Crippen LogP contribution in [0.5, 0.6) is 0 Å². The molecule has 1 unspecified atom stereocenters. The fourth-order valence-electron chi connectivity index (χ4n) is 3.57. The van der Waals surface area contributed by atoms with Crippen LogP contribution in [0.25, 0.3) is 0 Å². The first-order valence-corrected chi connectivity index (χ1v) is 11.8. The molecule has 0 aromatic carbocycles. The quantitative estimate of drug-likeness (QED) is 0.327. The normalized spacial score (nSPS) is 22.5. The zero-order valence-electron chi connectivity index (χ0n) is 15.5. The maximum absolute atomic E-state index is 5.70. The first-order chi connectivity index (χ1) is 10.7. The summed E-state index contributed by atoms with van der Waals surface area (Å²) in [7, 11) is 1.52. The van der Waals surface area contributed by atoms with Gasteiger partial charge in [0.05, 0.1) is 5.35 Å². The van der Waals surface area contributed by atoms with Gasteiger partial charge in [-0.15, -0.1) is 0 Å². The van der Waals surface area contributed by atoms with Crippen LogP contribution in [0.4, 0.5) is 0 Å². The SMILES string of the molecule is CCCCCCCCCCCCCC[Si]1CCNC1(C)OC. The van der Waals surface area contributed by atoms with Crippen molar-refractivity contribution >= 4 is 8.80 Å². The minimum absolute atomic E-state index is 0.0441. The lowest BCUT2D eigenvalue weighted by Crippen LogP contribution is -2.49. The van der Waals surface area contributed by atoms with Crippen molar-refractivity contribution in [2.45, 2.75) is 108 Å². The zero-order chi connectivity index (χ0) is 16.1. The van der Waals surface area contributed by atoms with E-state index in [1.165, 1.54) is 89.1 Å². The average Bonchev–Trinajstić information content (AvgIpc) is 2.90. The van der Waals surface area contributed by atoms with Crippen LogP contribution in [-0.4, -0.2) is 27.8 Å². The van der Waals surface area contributed by atoms with Crippen molar-refractivity contribution < 1.29 is 4.74 Å². The van der Waals surface area contributed by atoms with Crippen LogP contribution in [0, 0.1) is 0 Å². The minimum atomic E-state index is -0.345. The van der Waals surface area contributed by atoms with E-state index in [-0.39, 0.29) is 14.1 Å². The van der Waals surface area contributed by atoms with E-state index in [9.17, 15) is 0 Å². The first-order valence-electron chi connectivity index (χ1n) is 9.88. The molecule has 1 atom stereocenters. The topological polar surface area (TPSA) is 21.3 Å². The lowest BCUT2D eigenvalue weighted by atomic mass is 10.1. The Balaban J connectivity index is 1.84. The molecule has 1 saturated heterocycles. The summed E-state index contributed by atoms with van der Waals surface area (Å²) in [5.74, 6) is 0. The third-order valence-electron chi connectivity index (χ3n) is 5.30. The predicted molar refractivity (Wildman–Crippen MR) is 99.9 cm³/mol. The highest BCUT2D eigenvalue weighted by molar-refractivity contribution is 6.62. The standard InChI is InChI=1S/C19H40NOSi/c1-4-5-6-7-8-9-10-11-12-13-14-15-17-22-18-16-20-19(22,2)21-3/h20H,4-18H2,1-3H3. The van der Waals surface area contributed by atoms with Gasteiger partial charge in [-0.05, 0) is 19.5 Å². The summed E-state index contributed by atoms with van der Waals surface area (Å²) in [6.07, 6.45) is 17.3. The molecule has 0 aromatic rings. The van der Waals surface area contributed by atoms with E-state index in [1.54, 1.807) is 0 Å². The second-order valence-corrected chi connectivity index (χ2v) is 10.3. The van der Waals surface area contributed by atoms with Crippen LogP contribution in [-0.2, 0) is 4.74 Å². The summed E-state index contributed by atoms with van der Waals surface area (Å²) in [6, 6.07) is 2.81. The molecule has 1 aliphatic heterocycles. The molecule has 1 heterocycles. The molecule has 1 aliphatic rings. The summed E-state index contributed by atoms with van der Waals surface area (Å²) in [6.45, 7) is 5.71. The van der Waals surface area contributed by atoms with Gasteiger partial charge in [0.25, 0.3) is 0 Å². The summed E-state index contributed by atoms with van der Waals surface area (Å²) < 4.78 is 5.70. The molecule has 0 aromatic heterocycles. The number of unbranched alkanes of at least 4 members (excludes halogenated alkanes) is 11. The van der Waals surface area contributed by atoms with E-state index in [2.05, 4.69) is 19.2 Å². The highest BCUT2D eigenvalue weighted by Gasteiger charge is 2.39. The fourth-order valence-corrected chi connectivity index (χ4v) is 6.55. The van der Waals surface area contributed by atoms with Gasteiger partial charge in [-0.25, -0.2) is 0 Å². The molecule has 1 N–H and O–H groups in total. The summed E-state index contributed by atoms with van der Waals surface area (Å²) in [5.41, 5.74) is 0. The first kappa shape index (κ1) is 20.2. The Hall–Kier alpha value is 0.137. The van der Waals surface area contributed by atoms with Crippen molar-refractivity contribution in [3.63, 3.8) is 0 Å². The molecule has 0 bridgehead atoms. The molecule has 1 rings (SSSR count). The van der Waals surface area contributed by atoms with Crippen molar-refractivity contribution in [2.75, 3.05) is 13.7 Å². The Kier molecular flexibility index (Phi) is 11.5. The second kappa shape index (κ2) is 12.5. The summed E-state index contributed by atoms with van der Waals surface area (Å²) in [5, 5.41) is 3.59. The molecule has 2 nitrogen and oxygen atoms in total. The lowest BCUT2D eigenvalue weighted by Gasteiger charge is -2.29. The van der Waals surface area contributed by atoms with Crippen molar-refractivity contribution in [3.05, 3.63) is 0 Å². The van der Waals surface area contributed by atoms with Crippen LogP contribution in [0.15, 0.2) is 0 Å². The van der Waals surface area contributed by atoms with Crippen LogP contribution < -0.4 is 5.32 Å². The molecule has 0 aliphatic carbocycles. The van der Waals surface area contributed by atoms with Crippen molar-refractivity contribution in [1.82, 2.24) is 5.32 Å². The van der Waals surface area contributed by atoms with Gasteiger partial charge in [0.2, 0.25) is 0 Å². The number of ether oxygens (including phenoxy) is 1. The van der Waals surface area contributed by atoms with Gasteiger partial charge in [0.15, 0.2) is 0 Å². The molecule has 3 heteroatoms. The molecule has 0 amide bonds. The molecule has 22 heavy (non-hydrogen) atoms. The third kappa shape index (κ3) is 8.12. The monoisotopic (exact) mass is 326 g/mol. The number of rotatable bonds is 14. The van der Waals surface area contributed by atoms with E-state index in [0.29, 0.717) is 0 Å². The van der Waals surface area contributed by atoms with Gasteiger partial charge in [-0.2, -0.15) is 0 Å². The van der Waals surface area contributed by atoms with Crippen LogP contribution in [0.3, 0.4) is 0 Å². The van der Waals surface area contributed by atoms with Crippen LogP contribution in [0.2, 0.25) is 12.1 Å². The number of nitrogens with one attached hydrogen (secondary N) is 1.